The Kier molecular flexibility index (Phi) is 2.96. The first kappa shape index (κ1) is 13.7. The van der Waals surface area contributed by atoms with Crippen LogP contribution in [0.25, 0.3) is 21.3 Å². The van der Waals surface area contributed by atoms with E-state index in [1.807, 2.05) is 18.2 Å². The van der Waals surface area contributed by atoms with Gasteiger partial charge in [-0.1, -0.05) is 6.07 Å². The minimum atomic E-state index is -0.179. The quantitative estimate of drug-likeness (QED) is 0.536. The molecule has 1 aliphatic carbocycles. The zero-order valence-electron chi connectivity index (χ0n) is 12.8. The van der Waals surface area contributed by atoms with E-state index in [4.69, 9.17) is 0 Å². The second-order valence-corrected chi connectivity index (χ2v) is 7.16. The molecule has 120 valence electrons. The molecule has 4 aromatic rings. The standard InChI is InChI=1S/C17H15N5OS/c23-17-21-11-5-4-9(6-12(11)22-17)7-18-15-14-10-2-1-3-13(10)24-16(14)20-8-19-15/h4-6,8H,1-3,7H2,(H,18,19,20)(H2,21,22,23). The van der Waals surface area contributed by atoms with Gasteiger partial charge in [-0.3, -0.25) is 0 Å². The normalized spacial score (nSPS) is 13.7. The van der Waals surface area contributed by atoms with Gasteiger partial charge in [0.05, 0.1) is 16.4 Å². The lowest BCUT2D eigenvalue weighted by atomic mass is 10.1. The molecule has 0 amide bonds. The molecule has 3 N–H and O–H groups in total. The molecule has 0 bridgehead atoms. The first-order valence-electron chi connectivity index (χ1n) is 7.98. The number of imidazole rings is 1. The number of hydrogen-bond acceptors (Lipinski definition) is 5. The van der Waals surface area contributed by atoms with E-state index < -0.39 is 0 Å². The maximum atomic E-state index is 11.4. The first-order valence-corrected chi connectivity index (χ1v) is 8.79. The van der Waals surface area contributed by atoms with Gasteiger partial charge in [0.25, 0.3) is 0 Å². The summed E-state index contributed by atoms with van der Waals surface area (Å²) in [5, 5.41) is 4.63. The van der Waals surface area contributed by atoms with Crippen LogP contribution in [0.2, 0.25) is 0 Å². The summed E-state index contributed by atoms with van der Waals surface area (Å²) in [7, 11) is 0. The van der Waals surface area contributed by atoms with Crippen LogP contribution >= 0.6 is 11.3 Å². The topological polar surface area (TPSA) is 86.5 Å². The van der Waals surface area contributed by atoms with Crippen molar-refractivity contribution in [3.63, 3.8) is 0 Å². The summed E-state index contributed by atoms with van der Waals surface area (Å²) in [6, 6.07) is 5.91. The number of fused-ring (bicyclic) bond motifs is 4. The lowest BCUT2D eigenvalue weighted by Crippen LogP contribution is -2.02. The van der Waals surface area contributed by atoms with Gasteiger partial charge in [0, 0.05) is 11.4 Å². The third-order valence-electron chi connectivity index (χ3n) is 4.54. The highest BCUT2D eigenvalue weighted by Crippen LogP contribution is 2.39. The number of nitrogens with zero attached hydrogens (tertiary/aromatic N) is 2. The van der Waals surface area contributed by atoms with Crippen molar-refractivity contribution in [3.05, 3.63) is 51.0 Å². The van der Waals surface area contributed by atoms with Crippen LogP contribution in [0.4, 0.5) is 5.82 Å². The number of thiophene rings is 1. The fraction of sp³-hybridized carbons (Fsp3) is 0.235. The second-order valence-electron chi connectivity index (χ2n) is 6.07. The molecule has 1 aromatic carbocycles. The highest BCUT2D eigenvalue weighted by molar-refractivity contribution is 7.19. The third kappa shape index (κ3) is 2.12. The van der Waals surface area contributed by atoms with Gasteiger partial charge < -0.3 is 15.3 Å². The van der Waals surface area contributed by atoms with Gasteiger partial charge in [0.15, 0.2) is 0 Å². The second kappa shape index (κ2) is 5.17. The average molecular weight is 337 g/mol. The van der Waals surface area contributed by atoms with Crippen molar-refractivity contribution in [3.8, 4) is 0 Å². The summed E-state index contributed by atoms with van der Waals surface area (Å²) in [5.74, 6) is 0.905. The lowest BCUT2D eigenvalue weighted by Gasteiger charge is -2.08. The van der Waals surface area contributed by atoms with Gasteiger partial charge >= 0.3 is 5.69 Å². The summed E-state index contributed by atoms with van der Waals surface area (Å²) >= 11 is 1.79. The predicted molar refractivity (Wildman–Crippen MR) is 95.7 cm³/mol. The molecule has 0 atom stereocenters. The SMILES string of the molecule is O=c1[nH]c2ccc(CNc3ncnc4sc5c(c34)CCC5)cc2[nH]1. The van der Waals surface area contributed by atoms with Crippen molar-refractivity contribution >= 4 is 38.4 Å². The molecule has 0 aliphatic heterocycles. The first-order chi connectivity index (χ1) is 11.8. The van der Waals surface area contributed by atoms with E-state index in [0.717, 1.165) is 40.1 Å². The highest BCUT2D eigenvalue weighted by Gasteiger charge is 2.20. The molecule has 6 nitrogen and oxygen atoms in total. The smallest absolute Gasteiger partial charge is 0.323 e. The van der Waals surface area contributed by atoms with Crippen LogP contribution in [0.3, 0.4) is 0 Å². The molecule has 1 aliphatic rings. The van der Waals surface area contributed by atoms with Crippen LogP contribution in [0.1, 0.15) is 22.4 Å². The molecule has 3 heterocycles. The molecule has 24 heavy (non-hydrogen) atoms. The molecule has 0 fully saturated rings. The molecule has 0 saturated heterocycles. The molecule has 0 saturated carbocycles. The van der Waals surface area contributed by atoms with E-state index >= 15 is 0 Å². The van der Waals surface area contributed by atoms with Crippen molar-refractivity contribution in [2.45, 2.75) is 25.8 Å². The van der Waals surface area contributed by atoms with Gasteiger partial charge in [-0.05, 0) is 42.5 Å². The molecule has 5 rings (SSSR count). The number of rotatable bonds is 3. The largest absolute Gasteiger partial charge is 0.365 e. The Morgan fingerprint density at radius 1 is 1.17 bits per heavy atom. The summed E-state index contributed by atoms with van der Waals surface area (Å²) in [6.07, 6.45) is 5.13. The number of hydrogen-bond donors (Lipinski definition) is 3. The minimum Gasteiger partial charge on any atom is -0.365 e. The van der Waals surface area contributed by atoms with Crippen molar-refractivity contribution in [1.29, 1.82) is 0 Å². The van der Waals surface area contributed by atoms with Crippen molar-refractivity contribution in [2.75, 3.05) is 5.32 Å². The van der Waals surface area contributed by atoms with E-state index in [1.165, 1.54) is 22.2 Å². The maximum absolute atomic E-state index is 11.4. The van der Waals surface area contributed by atoms with Gasteiger partial charge in [-0.25, -0.2) is 14.8 Å². The molecule has 0 spiro atoms. The Morgan fingerprint density at radius 3 is 3.04 bits per heavy atom. The van der Waals surface area contributed by atoms with E-state index in [0.29, 0.717) is 6.54 Å². The highest BCUT2D eigenvalue weighted by atomic mass is 32.1. The zero-order chi connectivity index (χ0) is 16.1. The fourth-order valence-corrected chi connectivity index (χ4v) is 4.67. The number of aromatic nitrogens is 4. The molecule has 0 radical (unpaired) electrons. The average Bonchev–Trinajstić information content (AvgIpc) is 3.24. The van der Waals surface area contributed by atoms with Crippen molar-refractivity contribution in [2.24, 2.45) is 0 Å². The van der Waals surface area contributed by atoms with Crippen molar-refractivity contribution < 1.29 is 0 Å². The molecular weight excluding hydrogens is 322 g/mol. The van der Waals surface area contributed by atoms with Gasteiger partial charge in [-0.2, -0.15) is 0 Å². The number of H-pyrrole nitrogens is 2. The van der Waals surface area contributed by atoms with E-state index in [2.05, 4.69) is 25.3 Å². The van der Waals surface area contributed by atoms with Gasteiger partial charge in [-0.15, -0.1) is 11.3 Å². The molecular formula is C17H15N5OS. The van der Waals surface area contributed by atoms with Crippen LogP contribution in [0.5, 0.6) is 0 Å². The summed E-state index contributed by atoms with van der Waals surface area (Å²) in [6.45, 7) is 0.653. The number of nitrogens with one attached hydrogen (secondary N) is 3. The predicted octanol–water partition coefficient (Wildman–Crippen LogP) is 2.96. The third-order valence-corrected chi connectivity index (χ3v) is 5.74. The molecule has 0 unspecified atom stereocenters. The summed E-state index contributed by atoms with van der Waals surface area (Å²) < 4.78 is 0. The Balaban J connectivity index is 1.49. The van der Waals surface area contributed by atoms with Crippen molar-refractivity contribution in [1.82, 2.24) is 19.9 Å². The Hall–Kier alpha value is -2.67. The van der Waals surface area contributed by atoms with Crippen LogP contribution in [-0.2, 0) is 19.4 Å². The molecule has 7 heteroatoms. The number of benzene rings is 1. The summed E-state index contributed by atoms with van der Waals surface area (Å²) in [4.78, 5) is 28.3. The van der Waals surface area contributed by atoms with Crippen LogP contribution < -0.4 is 11.0 Å². The zero-order valence-corrected chi connectivity index (χ0v) is 13.7. The minimum absolute atomic E-state index is 0.179. The Bertz CT molecular complexity index is 1120. The molecule has 3 aromatic heterocycles. The Morgan fingerprint density at radius 2 is 2.08 bits per heavy atom. The fourth-order valence-electron chi connectivity index (χ4n) is 3.44. The van der Waals surface area contributed by atoms with Crippen LogP contribution in [-0.4, -0.2) is 19.9 Å². The monoisotopic (exact) mass is 337 g/mol. The number of anilines is 1. The van der Waals surface area contributed by atoms with Gasteiger partial charge in [0.1, 0.15) is 17.0 Å². The van der Waals surface area contributed by atoms with E-state index in [1.54, 1.807) is 17.7 Å². The summed E-state index contributed by atoms with van der Waals surface area (Å²) in [5.41, 5.74) is 3.98. The lowest BCUT2D eigenvalue weighted by molar-refractivity contribution is 0.917. The maximum Gasteiger partial charge on any atom is 0.323 e. The van der Waals surface area contributed by atoms with Gasteiger partial charge in [0.2, 0.25) is 0 Å². The van der Waals surface area contributed by atoms with E-state index in [-0.39, 0.29) is 5.69 Å². The Labute approximate surface area is 141 Å². The van der Waals surface area contributed by atoms with Crippen LogP contribution in [0, 0.1) is 0 Å². The number of aryl methyl sites for hydroxylation is 2. The van der Waals surface area contributed by atoms with Crippen LogP contribution in [0.15, 0.2) is 29.3 Å². The number of aromatic amines is 2. The van der Waals surface area contributed by atoms with E-state index in [9.17, 15) is 4.79 Å².